The standard InChI is InChI=1S/C31H21FN2O4/c32-22-12-5-3-10-20(22)27(35)25-26(28(36)24-14-7-17-38-24)34-16-15-18-8-1-2-9-19(18)29(34)31(25)21-11-4-6-13-23(21)33-30(31)37/h1-17,25-26,29H,(H,33,37)/t25-,26+,29-,31+/m0/s1. The summed E-state index contributed by atoms with van der Waals surface area (Å²) >= 11 is 0. The number of rotatable bonds is 4. The van der Waals surface area contributed by atoms with E-state index in [2.05, 4.69) is 5.32 Å². The molecule has 186 valence electrons. The van der Waals surface area contributed by atoms with Crippen LogP contribution in [0.5, 0.6) is 0 Å². The summed E-state index contributed by atoms with van der Waals surface area (Å²) in [5, 5.41) is 2.97. The van der Waals surface area contributed by atoms with Gasteiger partial charge in [0.25, 0.3) is 0 Å². The zero-order chi connectivity index (χ0) is 26.0. The lowest BCUT2D eigenvalue weighted by Gasteiger charge is -2.38. The second kappa shape index (κ2) is 8.11. The van der Waals surface area contributed by atoms with Gasteiger partial charge in [0, 0.05) is 11.9 Å². The summed E-state index contributed by atoms with van der Waals surface area (Å²) in [6.45, 7) is 0. The van der Waals surface area contributed by atoms with Gasteiger partial charge in [-0.3, -0.25) is 14.4 Å². The van der Waals surface area contributed by atoms with Crippen molar-refractivity contribution in [1.29, 1.82) is 0 Å². The quantitative estimate of drug-likeness (QED) is 0.377. The first kappa shape index (κ1) is 22.4. The average molecular weight is 505 g/mol. The van der Waals surface area contributed by atoms with Crippen molar-refractivity contribution < 1.29 is 23.2 Å². The smallest absolute Gasteiger partial charge is 0.238 e. The highest BCUT2D eigenvalue weighted by Gasteiger charge is 2.71. The minimum atomic E-state index is -1.51. The molecule has 3 aromatic carbocycles. The van der Waals surface area contributed by atoms with E-state index in [1.165, 1.54) is 30.5 Å². The highest BCUT2D eigenvalue weighted by Crippen LogP contribution is 2.62. The van der Waals surface area contributed by atoms with Crippen LogP contribution in [0.25, 0.3) is 6.08 Å². The molecule has 4 aromatic rings. The van der Waals surface area contributed by atoms with Crippen molar-refractivity contribution >= 4 is 29.2 Å². The molecule has 1 saturated heterocycles. The average Bonchev–Trinajstić information content (AvgIpc) is 3.65. The number of fused-ring (bicyclic) bond motifs is 6. The van der Waals surface area contributed by atoms with E-state index < -0.39 is 46.7 Å². The summed E-state index contributed by atoms with van der Waals surface area (Å²) in [6, 6.07) is 21.8. The zero-order valence-corrected chi connectivity index (χ0v) is 20.0. The van der Waals surface area contributed by atoms with E-state index in [-0.39, 0.29) is 11.3 Å². The fraction of sp³-hybridized carbons (Fsp3) is 0.129. The van der Waals surface area contributed by atoms with Crippen LogP contribution < -0.4 is 5.32 Å². The van der Waals surface area contributed by atoms with Crippen LogP contribution in [0.3, 0.4) is 0 Å². The fourth-order valence-electron chi connectivity index (χ4n) is 6.56. The van der Waals surface area contributed by atoms with Crippen molar-refractivity contribution in [2.24, 2.45) is 5.92 Å². The van der Waals surface area contributed by atoms with Crippen molar-refractivity contribution in [2.75, 3.05) is 5.32 Å². The Morgan fingerprint density at radius 2 is 1.66 bits per heavy atom. The summed E-state index contributed by atoms with van der Waals surface area (Å²) < 4.78 is 20.6. The molecule has 7 rings (SSSR count). The van der Waals surface area contributed by atoms with Crippen LogP contribution in [-0.4, -0.2) is 28.4 Å². The maximum absolute atomic E-state index is 15.1. The number of hydrogen-bond donors (Lipinski definition) is 1. The summed E-state index contributed by atoms with van der Waals surface area (Å²) in [4.78, 5) is 44.6. The van der Waals surface area contributed by atoms with Gasteiger partial charge in [-0.2, -0.15) is 0 Å². The maximum atomic E-state index is 15.1. The third-order valence-electron chi connectivity index (χ3n) is 8.02. The topological polar surface area (TPSA) is 79.6 Å². The van der Waals surface area contributed by atoms with Gasteiger partial charge in [0.1, 0.15) is 17.3 Å². The SMILES string of the molecule is O=C(c1ccccc1F)[C@@H]1[C@H](C(=O)c2ccco2)N2C=Cc3ccccc3[C@H]2[C@]12C(=O)Nc1ccccc12. The van der Waals surface area contributed by atoms with Gasteiger partial charge in [0.2, 0.25) is 11.7 Å². The number of hydrogen-bond acceptors (Lipinski definition) is 5. The van der Waals surface area contributed by atoms with Gasteiger partial charge in [0.15, 0.2) is 11.5 Å². The lowest BCUT2D eigenvalue weighted by Crippen LogP contribution is -2.49. The Hall–Kier alpha value is -4.78. The van der Waals surface area contributed by atoms with E-state index in [1.807, 2.05) is 42.5 Å². The molecule has 0 saturated carbocycles. The van der Waals surface area contributed by atoms with Crippen molar-refractivity contribution in [3.05, 3.63) is 131 Å². The van der Waals surface area contributed by atoms with Gasteiger partial charge in [-0.25, -0.2) is 4.39 Å². The Morgan fingerprint density at radius 3 is 2.47 bits per heavy atom. The molecule has 0 bridgehead atoms. The number of benzene rings is 3. The molecule has 1 fully saturated rings. The molecule has 0 aliphatic carbocycles. The Kier molecular flexibility index (Phi) is 4.79. The van der Waals surface area contributed by atoms with Gasteiger partial charge in [-0.15, -0.1) is 0 Å². The van der Waals surface area contributed by atoms with Crippen LogP contribution in [0.15, 0.2) is 102 Å². The molecule has 4 atom stereocenters. The molecule has 1 amide bonds. The van der Waals surface area contributed by atoms with Gasteiger partial charge < -0.3 is 14.6 Å². The van der Waals surface area contributed by atoms with E-state index in [9.17, 15) is 14.4 Å². The number of nitrogens with zero attached hydrogens (tertiary/aromatic N) is 1. The first-order valence-corrected chi connectivity index (χ1v) is 12.4. The highest BCUT2D eigenvalue weighted by molar-refractivity contribution is 6.16. The van der Waals surface area contributed by atoms with Crippen LogP contribution in [0.4, 0.5) is 10.1 Å². The number of nitrogens with one attached hydrogen (secondary N) is 1. The van der Waals surface area contributed by atoms with Crippen LogP contribution in [0.1, 0.15) is 43.6 Å². The number of amides is 1. The Morgan fingerprint density at radius 1 is 0.895 bits per heavy atom. The van der Waals surface area contributed by atoms with E-state index in [4.69, 9.17) is 4.42 Å². The summed E-state index contributed by atoms with van der Waals surface area (Å²) in [5.74, 6) is -3.35. The number of carbonyl (C=O) groups excluding carboxylic acids is 3. The van der Waals surface area contributed by atoms with E-state index in [0.717, 1.165) is 11.1 Å². The maximum Gasteiger partial charge on any atom is 0.238 e. The Balaban J connectivity index is 1.56. The van der Waals surface area contributed by atoms with Crippen LogP contribution in [-0.2, 0) is 10.2 Å². The van der Waals surface area contributed by atoms with E-state index >= 15 is 4.39 Å². The first-order chi connectivity index (χ1) is 18.5. The number of carbonyl (C=O) groups is 3. The fourth-order valence-corrected chi connectivity index (χ4v) is 6.56. The molecule has 1 spiro atoms. The third-order valence-corrected chi connectivity index (χ3v) is 8.02. The van der Waals surface area contributed by atoms with Crippen molar-refractivity contribution in [3.8, 4) is 0 Å². The molecule has 7 heteroatoms. The molecule has 4 heterocycles. The van der Waals surface area contributed by atoms with Crippen LogP contribution in [0, 0.1) is 11.7 Å². The van der Waals surface area contributed by atoms with E-state index in [1.54, 1.807) is 35.4 Å². The van der Waals surface area contributed by atoms with Crippen LogP contribution in [0.2, 0.25) is 0 Å². The number of anilines is 1. The predicted molar refractivity (Wildman–Crippen MR) is 138 cm³/mol. The van der Waals surface area contributed by atoms with Gasteiger partial charge in [-0.1, -0.05) is 54.6 Å². The molecule has 0 unspecified atom stereocenters. The molecular formula is C31H21FN2O4. The lowest BCUT2D eigenvalue weighted by molar-refractivity contribution is -0.122. The number of furan rings is 1. The second-order valence-corrected chi connectivity index (χ2v) is 9.77. The lowest BCUT2D eigenvalue weighted by atomic mass is 9.62. The van der Waals surface area contributed by atoms with Gasteiger partial charge in [0.05, 0.1) is 23.8 Å². The summed E-state index contributed by atoms with van der Waals surface area (Å²) in [7, 11) is 0. The summed E-state index contributed by atoms with van der Waals surface area (Å²) in [5.41, 5.74) is 1.19. The molecule has 38 heavy (non-hydrogen) atoms. The third kappa shape index (κ3) is 2.84. The van der Waals surface area contributed by atoms with Crippen molar-refractivity contribution in [2.45, 2.75) is 17.5 Å². The zero-order valence-electron chi connectivity index (χ0n) is 20.0. The predicted octanol–water partition coefficient (Wildman–Crippen LogP) is 5.40. The Labute approximate surface area is 217 Å². The van der Waals surface area contributed by atoms with E-state index in [0.29, 0.717) is 11.3 Å². The minimum Gasteiger partial charge on any atom is -0.461 e. The van der Waals surface area contributed by atoms with Crippen molar-refractivity contribution in [1.82, 2.24) is 4.90 Å². The molecular weight excluding hydrogens is 483 g/mol. The highest BCUT2D eigenvalue weighted by atomic mass is 19.1. The van der Waals surface area contributed by atoms with Crippen LogP contribution >= 0.6 is 0 Å². The number of ketones is 2. The molecule has 3 aliphatic rings. The van der Waals surface area contributed by atoms with Crippen molar-refractivity contribution in [3.63, 3.8) is 0 Å². The molecule has 1 aromatic heterocycles. The molecule has 3 aliphatic heterocycles. The Bertz CT molecular complexity index is 1660. The summed E-state index contributed by atoms with van der Waals surface area (Å²) in [6.07, 6.45) is 5.03. The number of para-hydroxylation sites is 1. The normalized spacial score (nSPS) is 24.6. The number of halogens is 1. The molecule has 1 N–H and O–H groups in total. The second-order valence-electron chi connectivity index (χ2n) is 9.77. The van der Waals surface area contributed by atoms with Gasteiger partial charge in [-0.05, 0) is 53.1 Å². The monoisotopic (exact) mass is 504 g/mol. The molecule has 6 nitrogen and oxygen atoms in total. The molecule has 0 radical (unpaired) electrons. The number of Topliss-reactive ketones (excluding diaryl/α,β-unsaturated/α-hetero) is 2. The minimum absolute atomic E-state index is 0.0658. The van der Waals surface area contributed by atoms with Gasteiger partial charge >= 0.3 is 0 Å². The first-order valence-electron chi connectivity index (χ1n) is 12.4. The largest absolute Gasteiger partial charge is 0.461 e.